The Balaban J connectivity index is 2.14. The molecule has 0 radical (unpaired) electrons. The van der Waals surface area contributed by atoms with E-state index in [4.69, 9.17) is 5.11 Å². The molecule has 0 saturated heterocycles. The minimum absolute atomic E-state index is 0.222. The van der Waals surface area contributed by atoms with E-state index >= 15 is 0 Å². The number of hydrogen-bond acceptors (Lipinski definition) is 4. The van der Waals surface area contributed by atoms with Gasteiger partial charge in [0.25, 0.3) is 0 Å². The first-order valence-corrected chi connectivity index (χ1v) is 5.71. The van der Waals surface area contributed by atoms with Gasteiger partial charge in [-0.05, 0) is 31.2 Å². The summed E-state index contributed by atoms with van der Waals surface area (Å²) in [7, 11) is 0. The summed E-state index contributed by atoms with van der Waals surface area (Å²) in [5.74, 6) is -0.961. The molecule has 0 bridgehead atoms. The maximum absolute atomic E-state index is 10.8. The van der Waals surface area contributed by atoms with Gasteiger partial charge >= 0.3 is 5.97 Å². The molecule has 1 aromatic carbocycles. The number of hydrogen-bond donors (Lipinski definition) is 2. The molecule has 0 atom stereocenters. The molecule has 1 heterocycles. The monoisotopic (exact) mass is 255 g/mol. The van der Waals surface area contributed by atoms with Crippen LogP contribution in [0.2, 0.25) is 0 Å². The summed E-state index contributed by atoms with van der Waals surface area (Å²) in [5, 5.41) is 13.1. The van der Waals surface area contributed by atoms with E-state index in [2.05, 4.69) is 15.5 Å². The van der Waals surface area contributed by atoms with Crippen molar-refractivity contribution in [1.29, 1.82) is 0 Å². The van der Waals surface area contributed by atoms with Crippen LogP contribution in [0.1, 0.15) is 22.8 Å². The molecule has 0 unspecified atom stereocenters. The molecule has 2 aromatic rings. The van der Waals surface area contributed by atoms with E-state index in [0.717, 1.165) is 11.3 Å². The summed E-state index contributed by atoms with van der Waals surface area (Å²) in [4.78, 5) is 14.9. The number of aromatic nitrogens is 1. The maximum Gasteiger partial charge on any atom is 0.335 e. The Morgan fingerprint density at radius 1 is 1.26 bits per heavy atom. The Morgan fingerprint density at radius 2 is 2.05 bits per heavy atom. The van der Waals surface area contributed by atoms with Crippen LogP contribution in [0.5, 0.6) is 0 Å². The van der Waals surface area contributed by atoms with Crippen LogP contribution >= 0.6 is 0 Å². The fourth-order valence-electron chi connectivity index (χ4n) is 1.51. The van der Waals surface area contributed by atoms with E-state index in [0.29, 0.717) is 5.69 Å². The zero-order valence-electron chi connectivity index (χ0n) is 10.4. The largest absolute Gasteiger partial charge is 0.478 e. The Kier molecular flexibility index (Phi) is 3.87. The highest BCUT2D eigenvalue weighted by molar-refractivity contribution is 5.98. The first kappa shape index (κ1) is 12.8. The number of carboxylic acids is 1. The van der Waals surface area contributed by atoms with Crippen LogP contribution in [0.4, 0.5) is 5.69 Å². The lowest BCUT2D eigenvalue weighted by Gasteiger charge is -2.04. The minimum Gasteiger partial charge on any atom is -0.478 e. The third-order valence-electron chi connectivity index (χ3n) is 2.54. The van der Waals surface area contributed by atoms with Gasteiger partial charge in [0.1, 0.15) is 0 Å². The molecule has 0 aliphatic rings. The third-order valence-corrected chi connectivity index (χ3v) is 2.54. The van der Waals surface area contributed by atoms with E-state index in [1.807, 2.05) is 19.1 Å². The Morgan fingerprint density at radius 3 is 2.74 bits per heavy atom. The van der Waals surface area contributed by atoms with Crippen molar-refractivity contribution in [1.82, 2.24) is 4.98 Å². The van der Waals surface area contributed by atoms with E-state index < -0.39 is 5.97 Å². The molecule has 2 rings (SSSR count). The molecule has 19 heavy (non-hydrogen) atoms. The fraction of sp³-hybridized carbons (Fsp3) is 0.0714. The van der Waals surface area contributed by atoms with Gasteiger partial charge in [0.15, 0.2) is 0 Å². The number of anilines is 1. The quantitative estimate of drug-likeness (QED) is 0.650. The number of rotatable bonds is 4. The molecule has 5 heteroatoms. The van der Waals surface area contributed by atoms with Gasteiger partial charge in [-0.25, -0.2) is 4.79 Å². The van der Waals surface area contributed by atoms with Gasteiger partial charge in [-0.1, -0.05) is 12.1 Å². The molecule has 5 nitrogen and oxygen atoms in total. The summed E-state index contributed by atoms with van der Waals surface area (Å²) in [5.41, 5.74) is 5.36. The molecule has 1 aromatic heterocycles. The smallest absolute Gasteiger partial charge is 0.335 e. The van der Waals surface area contributed by atoms with Crippen molar-refractivity contribution in [2.24, 2.45) is 5.10 Å². The second kappa shape index (κ2) is 5.77. The highest BCUT2D eigenvalue weighted by atomic mass is 16.4. The van der Waals surface area contributed by atoms with Crippen LogP contribution < -0.4 is 5.43 Å². The number of hydrazone groups is 1. The number of carboxylic acid groups (broad SMARTS) is 1. The summed E-state index contributed by atoms with van der Waals surface area (Å²) in [6.45, 7) is 1.85. The summed E-state index contributed by atoms with van der Waals surface area (Å²) >= 11 is 0. The van der Waals surface area contributed by atoms with Crippen LogP contribution in [0.25, 0.3) is 0 Å². The van der Waals surface area contributed by atoms with Crippen molar-refractivity contribution in [2.45, 2.75) is 6.92 Å². The van der Waals surface area contributed by atoms with Crippen molar-refractivity contribution < 1.29 is 9.90 Å². The second-order valence-electron chi connectivity index (χ2n) is 3.94. The van der Waals surface area contributed by atoms with Gasteiger partial charge in [-0.15, -0.1) is 0 Å². The molecule has 0 fully saturated rings. The molecule has 2 N–H and O–H groups in total. The van der Waals surface area contributed by atoms with Crippen LogP contribution in [-0.2, 0) is 0 Å². The summed E-state index contributed by atoms with van der Waals surface area (Å²) < 4.78 is 0. The van der Waals surface area contributed by atoms with E-state index in [1.165, 1.54) is 12.1 Å². The van der Waals surface area contributed by atoms with Gasteiger partial charge in [0.05, 0.1) is 17.0 Å². The number of benzene rings is 1. The molecule has 96 valence electrons. The first-order valence-electron chi connectivity index (χ1n) is 5.71. The minimum atomic E-state index is -0.961. The summed E-state index contributed by atoms with van der Waals surface area (Å²) in [6, 6.07) is 10.2. The average molecular weight is 255 g/mol. The number of nitrogens with zero attached hydrogens (tertiary/aromatic N) is 2. The predicted octanol–water partition coefficient (Wildman–Crippen LogP) is 2.62. The SMILES string of the molecule is CC(=NNc1cccc(C(=O)O)c1)c1cccnc1. The molecular formula is C14H13N3O2. The zero-order valence-corrected chi connectivity index (χ0v) is 10.4. The second-order valence-corrected chi connectivity index (χ2v) is 3.94. The zero-order chi connectivity index (χ0) is 13.7. The molecule has 0 aliphatic heterocycles. The van der Waals surface area contributed by atoms with Crippen LogP contribution in [-0.4, -0.2) is 21.8 Å². The van der Waals surface area contributed by atoms with Gasteiger partial charge in [0, 0.05) is 18.0 Å². The highest BCUT2D eigenvalue weighted by Crippen LogP contribution is 2.11. The topological polar surface area (TPSA) is 74.6 Å². The van der Waals surface area contributed by atoms with Crippen LogP contribution in [0.3, 0.4) is 0 Å². The maximum atomic E-state index is 10.8. The summed E-state index contributed by atoms with van der Waals surface area (Å²) in [6.07, 6.45) is 3.41. The molecule has 0 aliphatic carbocycles. The van der Waals surface area contributed by atoms with Crippen molar-refractivity contribution in [2.75, 3.05) is 5.43 Å². The third kappa shape index (κ3) is 3.38. The van der Waals surface area contributed by atoms with Crippen molar-refractivity contribution in [3.8, 4) is 0 Å². The number of nitrogens with one attached hydrogen (secondary N) is 1. The normalized spacial score (nSPS) is 11.1. The van der Waals surface area contributed by atoms with E-state index in [9.17, 15) is 4.79 Å². The van der Waals surface area contributed by atoms with Crippen molar-refractivity contribution in [3.05, 3.63) is 59.9 Å². The van der Waals surface area contributed by atoms with Crippen LogP contribution in [0, 0.1) is 0 Å². The highest BCUT2D eigenvalue weighted by Gasteiger charge is 2.02. The van der Waals surface area contributed by atoms with E-state index in [1.54, 1.807) is 24.5 Å². The molecule has 0 saturated carbocycles. The number of aromatic carboxylic acids is 1. The standard InChI is InChI=1S/C14H13N3O2/c1-10(12-5-3-7-15-9-12)16-17-13-6-2-4-11(8-13)14(18)19/h2-9,17H,1H3,(H,18,19). The Hall–Kier alpha value is -2.69. The Labute approximate surface area is 110 Å². The Bertz CT molecular complexity index is 609. The first-order chi connectivity index (χ1) is 9.16. The van der Waals surface area contributed by atoms with E-state index in [-0.39, 0.29) is 5.56 Å². The number of carbonyl (C=O) groups is 1. The van der Waals surface area contributed by atoms with Gasteiger partial charge < -0.3 is 5.11 Å². The lowest BCUT2D eigenvalue weighted by Crippen LogP contribution is -2.01. The van der Waals surface area contributed by atoms with Gasteiger partial charge in [-0.2, -0.15) is 5.10 Å². The van der Waals surface area contributed by atoms with Crippen LogP contribution in [0.15, 0.2) is 53.9 Å². The molecular weight excluding hydrogens is 242 g/mol. The van der Waals surface area contributed by atoms with Gasteiger partial charge in [-0.3, -0.25) is 10.4 Å². The lowest BCUT2D eigenvalue weighted by atomic mass is 10.2. The van der Waals surface area contributed by atoms with Gasteiger partial charge in [0.2, 0.25) is 0 Å². The number of pyridine rings is 1. The van der Waals surface area contributed by atoms with Crippen molar-refractivity contribution >= 4 is 17.4 Å². The average Bonchev–Trinajstić information content (AvgIpc) is 2.46. The predicted molar refractivity (Wildman–Crippen MR) is 73.5 cm³/mol. The molecule has 0 amide bonds. The molecule has 0 spiro atoms. The lowest BCUT2D eigenvalue weighted by molar-refractivity contribution is 0.0697. The fourth-order valence-corrected chi connectivity index (χ4v) is 1.51. The van der Waals surface area contributed by atoms with Crippen molar-refractivity contribution in [3.63, 3.8) is 0 Å².